The van der Waals surface area contributed by atoms with Crippen molar-refractivity contribution in [2.24, 2.45) is 0 Å². The summed E-state index contributed by atoms with van der Waals surface area (Å²) in [6, 6.07) is 11.6. The topological polar surface area (TPSA) is 67.2 Å². The first-order valence-electron chi connectivity index (χ1n) is 9.76. The molecule has 1 N–H and O–H groups in total. The van der Waals surface area contributed by atoms with Crippen LogP contribution in [0.15, 0.2) is 41.8 Å². The summed E-state index contributed by atoms with van der Waals surface area (Å²) in [4.78, 5) is 32.3. The molecule has 0 unspecified atom stereocenters. The molecule has 4 rings (SSSR count). The molecule has 1 aliphatic heterocycles. The van der Waals surface area contributed by atoms with Crippen LogP contribution in [0.25, 0.3) is 11.0 Å². The van der Waals surface area contributed by atoms with E-state index in [-0.39, 0.29) is 11.8 Å². The number of amides is 2. The minimum atomic E-state index is -0.0675. The number of thiophene rings is 1. The average Bonchev–Trinajstić information content (AvgIpc) is 3.38. The van der Waals surface area contributed by atoms with E-state index in [1.807, 2.05) is 51.2 Å². The van der Waals surface area contributed by atoms with Crippen molar-refractivity contribution in [2.75, 3.05) is 19.6 Å². The molecular weight excluding hydrogens is 372 g/mol. The molecule has 1 fully saturated rings. The van der Waals surface area contributed by atoms with Gasteiger partial charge in [-0.25, -0.2) is 4.98 Å². The normalized spacial score (nSPS) is 14.4. The molecule has 0 aliphatic carbocycles. The lowest BCUT2D eigenvalue weighted by Gasteiger charge is -2.27. The van der Waals surface area contributed by atoms with Crippen LogP contribution in [0.2, 0.25) is 0 Å². The molecule has 1 saturated heterocycles. The van der Waals surface area contributed by atoms with Crippen LogP contribution in [0.4, 0.5) is 0 Å². The van der Waals surface area contributed by atoms with Crippen LogP contribution in [0.5, 0.6) is 0 Å². The van der Waals surface area contributed by atoms with Gasteiger partial charge in [-0.05, 0) is 42.8 Å². The summed E-state index contributed by atoms with van der Waals surface area (Å²) >= 11 is 1.43. The number of aromatic nitrogens is 2. The lowest BCUT2D eigenvalue weighted by atomic mass is 10.1. The highest BCUT2D eigenvalue weighted by Gasteiger charge is 2.20. The molecule has 0 saturated carbocycles. The maximum Gasteiger partial charge on any atom is 0.261 e. The van der Waals surface area contributed by atoms with Crippen LogP contribution >= 0.6 is 11.3 Å². The molecule has 6 nitrogen and oxygen atoms in total. The van der Waals surface area contributed by atoms with Gasteiger partial charge in [0.1, 0.15) is 12.4 Å². The van der Waals surface area contributed by atoms with Crippen molar-refractivity contribution in [3.63, 3.8) is 0 Å². The molecule has 1 aliphatic rings. The van der Waals surface area contributed by atoms with Crippen molar-refractivity contribution >= 4 is 34.2 Å². The Morgan fingerprint density at radius 3 is 2.68 bits per heavy atom. The van der Waals surface area contributed by atoms with Gasteiger partial charge in [0.05, 0.1) is 15.9 Å². The van der Waals surface area contributed by atoms with Gasteiger partial charge in [0.15, 0.2) is 0 Å². The van der Waals surface area contributed by atoms with Gasteiger partial charge in [0, 0.05) is 26.1 Å². The molecule has 0 radical (unpaired) electrons. The highest BCUT2D eigenvalue weighted by Crippen LogP contribution is 2.18. The zero-order valence-electron chi connectivity index (χ0n) is 15.8. The second-order valence-corrected chi connectivity index (χ2v) is 7.98. The summed E-state index contributed by atoms with van der Waals surface area (Å²) in [6.07, 6.45) is 3.95. The van der Waals surface area contributed by atoms with E-state index in [2.05, 4.69) is 5.32 Å². The first-order valence-corrected chi connectivity index (χ1v) is 10.6. The average molecular weight is 397 g/mol. The van der Waals surface area contributed by atoms with Crippen molar-refractivity contribution in [3.8, 4) is 0 Å². The van der Waals surface area contributed by atoms with Crippen molar-refractivity contribution in [2.45, 2.75) is 32.2 Å². The predicted molar refractivity (Wildman–Crippen MR) is 111 cm³/mol. The van der Waals surface area contributed by atoms with Crippen LogP contribution in [0.1, 0.15) is 34.8 Å². The number of carbonyl (C=O) groups is 2. The molecule has 0 atom stereocenters. The van der Waals surface area contributed by atoms with Gasteiger partial charge in [-0.1, -0.05) is 18.2 Å². The van der Waals surface area contributed by atoms with E-state index in [0.29, 0.717) is 24.4 Å². The standard InChI is InChI=1S/C21H24N4O2S/c26-20(24-12-4-1-5-13-24)15-25-17-8-3-2-7-16(17)23-19(25)10-11-22-21(27)18-9-6-14-28-18/h2-3,6-9,14H,1,4-5,10-13,15H2,(H,22,27). The fourth-order valence-electron chi connectivity index (χ4n) is 3.65. The van der Waals surface area contributed by atoms with E-state index in [4.69, 9.17) is 4.98 Å². The number of rotatable bonds is 6. The van der Waals surface area contributed by atoms with Crippen molar-refractivity contribution in [3.05, 3.63) is 52.5 Å². The van der Waals surface area contributed by atoms with Gasteiger partial charge >= 0.3 is 0 Å². The highest BCUT2D eigenvalue weighted by molar-refractivity contribution is 7.12. The van der Waals surface area contributed by atoms with Crippen LogP contribution in [0, 0.1) is 0 Å². The quantitative estimate of drug-likeness (QED) is 0.696. The lowest BCUT2D eigenvalue weighted by molar-refractivity contribution is -0.132. The number of hydrogen-bond acceptors (Lipinski definition) is 4. The molecule has 2 aromatic heterocycles. The highest BCUT2D eigenvalue weighted by atomic mass is 32.1. The monoisotopic (exact) mass is 396 g/mol. The number of fused-ring (bicyclic) bond motifs is 1. The maximum absolute atomic E-state index is 12.8. The van der Waals surface area contributed by atoms with Crippen LogP contribution in [-0.4, -0.2) is 45.9 Å². The molecule has 146 valence electrons. The van der Waals surface area contributed by atoms with Gasteiger partial charge in [-0.3, -0.25) is 9.59 Å². The number of hydrogen-bond donors (Lipinski definition) is 1. The Kier molecular flexibility index (Phi) is 5.71. The summed E-state index contributed by atoms with van der Waals surface area (Å²) in [6.45, 7) is 2.47. The van der Waals surface area contributed by atoms with E-state index in [1.54, 1.807) is 0 Å². The molecular formula is C21H24N4O2S. The van der Waals surface area contributed by atoms with Gasteiger partial charge < -0.3 is 14.8 Å². The summed E-state index contributed by atoms with van der Waals surface area (Å²) in [5.41, 5.74) is 1.85. The molecule has 28 heavy (non-hydrogen) atoms. The van der Waals surface area contributed by atoms with Gasteiger partial charge in [-0.2, -0.15) is 0 Å². The first kappa shape index (κ1) is 18.7. The lowest BCUT2D eigenvalue weighted by Crippen LogP contribution is -2.38. The second kappa shape index (κ2) is 8.56. The number of nitrogens with zero attached hydrogens (tertiary/aromatic N) is 3. The van der Waals surface area contributed by atoms with Crippen molar-refractivity contribution < 1.29 is 9.59 Å². The van der Waals surface area contributed by atoms with Crippen molar-refractivity contribution in [1.82, 2.24) is 19.8 Å². The summed E-state index contributed by atoms with van der Waals surface area (Å²) < 4.78 is 2.00. The number of piperidine rings is 1. The molecule has 0 bridgehead atoms. The molecule has 0 spiro atoms. The number of nitrogens with one attached hydrogen (secondary N) is 1. The maximum atomic E-state index is 12.8. The zero-order chi connectivity index (χ0) is 19.3. The smallest absolute Gasteiger partial charge is 0.261 e. The molecule has 1 aromatic carbocycles. The van der Waals surface area contributed by atoms with Gasteiger partial charge in [-0.15, -0.1) is 11.3 Å². The number of para-hydroxylation sites is 2. The van der Waals surface area contributed by atoms with E-state index in [1.165, 1.54) is 17.8 Å². The number of likely N-dealkylation sites (tertiary alicyclic amines) is 1. The Morgan fingerprint density at radius 2 is 1.89 bits per heavy atom. The van der Waals surface area contributed by atoms with Crippen molar-refractivity contribution in [1.29, 1.82) is 0 Å². The number of carbonyl (C=O) groups excluding carboxylic acids is 2. The fourth-order valence-corrected chi connectivity index (χ4v) is 4.29. The largest absolute Gasteiger partial charge is 0.351 e. The SMILES string of the molecule is O=C(NCCc1nc2ccccc2n1CC(=O)N1CCCCC1)c1cccs1. The van der Waals surface area contributed by atoms with E-state index >= 15 is 0 Å². The Labute approximate surface area is 168 Å². The van der Waals surface area contributed by atoms with Gasteiger partial charge in [0.25, 0.3) is 5.91 Å². The zero-order valence-corrected chi connectivity index (χ0v) is 16.6. The Morgan fingerprint density at radius 1 is 1.07 bits per heavy atom. The van der Waals surface area contributed by atoms with Crippen LogP contribution in [-0.2, 0) is 17.8 Å². The molecule has 3 aromatic rings. The molecule has 2 amide bonds. The van der Waals surface area contributed by atoms with Gasteiger partial charge in [0.2, 0.25) is 5.91 Å². The molecule has 3 heterocycles. The third-order valence-corrected chi connectivity index (χ3v) is 5.98. The number of imidazole rings is 1. The minimum absolute atomic E-state index is 0.0675. The van der Waals surface area contributed by atoms with E-state index in [9.17, 15) is 9.59 Å². The third kappa shape index (κ3) is 4.09. The minimum Gasteiger partial charge on any atom is -0.351 e. The first-order chi connectivity index (χ1) is 13.7. The predicted octanol–water partition coefficient (Wildman–Crippen LogP) is 3.08. The number of benzene rings is 1. The Balaban J connectivity index is 1.48. The fraction of sp³-hybridized carbons (Fsp3) is 0.381. The molecule has 7 heteroatoms. The van der Waals surface area contributed by atoms with Crippen LogP contribution < -0.4 is 5.32 Å². The summed E-state index contributed by atoms with van der Waals surface area (Å²) in [7, 11) is 0. The second-order valence-electron chi connectivity index (χ2n) is 7.03. The summed E-state index contributed by atoms with van der Waals surface area (Å²) in [5, 5.41) is 4.83. The van der Waals surface area contributed by atoms with E-state index < -0.39 is 0 Å². The third-order valence-electron chi connectivity index (χ3n) is 5.11. The Hall–Kier alpha value is -2.67. The van der Waals surface area contributed by atoms with Crippen LogP contribution in [0.3, 0.4) is 0 Å². The van der Waals surface area contributed by atoms with E-state index in [0.717, 1.165) is 42.8 Å². The Bertz CT molecular complexity index is 958. The summed E-state index contributed by atoms with van der Waals surface area (Å²) in [5.74, 6) is 0.909.